The van der Waals surface area contributed by atoms with E-state index in [0.29, 0.717) is 17.0 Å². The van der Waals surface area contributed by atoms with Gasteiger partial charge in [0, 0.05) is 17.7 Å². The van der Waals surface area contributed by atoms with Crippen LogP contribution in [0.5, 0.6) is 0 Å². The molecule has 1 aliphatic rings. The number of hydrogen-bond donors (Lipinski definition) is 3. The number of nitrogens with one attached hydrogen (secondary N) is 3. The zero-order valence-corrected chi connectivity index (χ0v) is 14.0. The summed E-state index contributed by atoms with van der Waals surface area (Å²) < 4.78 is 0. The molecule has 1 aliphatic carbocycles. The third-order valence-corrected chi connectivity index (χ3v) is 4.43. The third kappa shape index (κ3) is 2.81. The van der Waals surface area contributed by atoms with E-state index in [1.807, 2.05) is 30.5 Å². The Morgan fingerprint density at radius 3 is 2.92 bits per heavy atom. The summed E-state index contributed by atoms with van der Waals surface area (Å²) in [4.78, 5) is 15.4. The normalized spacial score (nSPS) is 13.8. The second kappa shape index (κ2) is 5.54. The van der Waals surface area contributed by atoms with Crippen molar-refractivity contribution < 1.29 is 0 Å². The molecule has 0 saturated heterocycles. The summed E-state index contributed by atoms with van der Waals surface area (Å²) >= 11 is 6.00. The summed E-state index contributed by atoms with van der Waals surface area (Å²) in [5.41, 5.74) is 5.38. The lowest BCUT2D eigenvalue weighted by molar-refractivity contribution is 1.18. The molecule has 6 heteroatoms. The molecular formula is C19H14ClN5. The lowest BCUT2D eigenvalue weighted by Crippen LogP contribution is -1.91. The van der Waals surface area contributed by atoms with Crippen LogP contribution >= 0.6 is 11.6 Å². The number of anilines is 2. The minimum atomic E-state index is 0.457. The predicted molar refractivity (Wildman–Crippen MR) is 100 cm³/mol. The summed E-state index contributed by atoms with van der Waals surface area (Å²) in [6.07, 6.45) is 4.32. The summed E-state index contributed by atoms with van der Waals surface area (Å²) in [6.45, 7) is 0. The van der Waals surface area contributed by atoms with E-state index in [4.69, 9.17) is 11.6 Å². The van der Waals surface area contributed by atoms with Crippen molar-refractivity contribution in [3.05, 3.63) is 47.2 Å². The van der Waals surface area contributed by atoms with Gasteiger partial charge in [0.1, 0.15) is 10.7 Å². The van der Waals surface area contributed by atoms with Crippen LogP contribution in [0.25, 0.3) is 22.1 Å². The van der Waals surface area contributed by atoms with Crippen molar-refractivity contribution in [1.82, 2.24) is 19.9 Å². The lowest BCUT2D eigenvalue weighted by atomic mass is 10.2. The molecule has 3 heterocycles. The molecule has 25 heavy (non-hydrogen) atoms. The smallest absolute Gasteiger partial charge is 0.205 e. The van der Waals surface area contributed by atoms with Crippen molar-refractivity contribution in [1.29, 1.82) is 0 Å². The molecule has 5 nitrogen and oxygen atoms in total. The number of pyridine rings is 1. The summed E-state index contributed by atoms with van der Waals surface area (Å²) in [6, 6.07) is 9.69. The van der Waals surface area contributed by atoms with Gasteiger partial charge in [-0.3, -0.25) is 0 Å². The Morgan fingerprint density at radius 2 is 2.04 bits per heavy atom. The average molecular weight is 348 g/mol. The Hall–Kier alpha value is -2.97. The molecule has 0 bridgehead atoms. The first-order valence-electron chi connectivity index (χ1n) is 8.16. The van der Waals surface area contributed by atoms with Gasteiger partial charge in [-0.05, 0) is 43.2 Å². The van der Waals surface area contributed by atoms with Crippen LogP contribution in [0.15, 0.2) is 36.5 Å². The maximum absolute atomic E-state index is 6.00. The van der Waals surface area contributed by atoms with Gasteiger partial charge in [-0.1, -0.05) is 23.4 Å². The fourth-order valence-electron chi connectivity index (χ4n) is 2.76. The first kappa shape index (κ1) is 14.4. The minimum Gasteiger partial charge on any atom is -0.358 e. The van der Waals surface area contributed by atoms with Crippen LogP contribution in [0, 0.1) is 17.8 Å². The van der Waals surface area contributed by atoms with Crippen LogP contribution in [-0.2, 0) is 0 Å². The molecule has 0 atom stereocenters. The highest BCUT2D eigenvalue weighted by molar-refractivity contribution is 6.29. The highest BCUT2D eigenvalue weighted by atomic mass is 35.5. The molecule has 1 aromatic carbocycles. The van der Waals surface area contributed by atoms with E-state index in [0.717, 1.165) is 33.3 Å². The monoisotopic (exact) mass is 347 g/mol. The highest BCUT2D eigenvalue weighted by Crippen LogP contribution is 2.28. The number of aromatic amines is 2. The molecule has 3 aromatic heterocycles. The van der Waals surface area contributed by atoms with E-state index in [1.165, 1.54) is 12.8 Å². The zero-order chi connectivity index (χ0) is 16.8. The van der Waals surface area contributed by atoms with Crippen LogP contribution in [0.4, 0.5) is 11.6 Å². The largest absolute Gasteiger partial charge is 0.358 e. The summed E-state index contributed by atoms with van der Waals surface area (Å²) in [5, 5.41) is 3.73. The van der Waals surface area contributed by atoms with Crippen LogP contribution in [-0.4, -0.2) is 19.9 Å². The summed E-state index contributed by atoms with van der Waals surface area (Å²) in [7, 11) is 0. The first-order chi connectivity index (χ1) is 12.2. The molecule has 0 amide bonds. The van der Waals surface area contributed by atoms with Crippen LogP contribution < -0.4 is 5.32 Å². The number of halogens is 1. The van der Waals surface area contributed by atoms with Crippen molar-refractivity contribution in [2.24, 2.45) is 5.92 Å². The maximum atomic E-state index is 6.00. The molecule has 0 unspecified atom stereocenters. The van der Waals surface area contributed by atoms with E-state index in [1.54, 1.807) is 6.07 Å². The number of benzene rings is 1. The number of H-pyrrole nitrogens is 2. The van der Waals surface area contributed by atoms with Crippen LogP contribution in [0.3, 0.4) is 0 Å². The van der Waals surface area contributed by atoms with Crippen molar-refractivity contribution in [3.8, 4) is 11.8 Å². The van der Waals surface area contributed by atoms with Crippen molar-refractivity contribution in [2.45, 2.75) is 12.8 Å². The quantitative estimate of drug-likeness (QED) is 0.366. The Bertz CT molecular complexity index is 1160. The Morgan fingerprint density at radius 1 is 1.12 bits per heavy atom. The number of rotatable bonds is 2. The molecule has 5 rings (SSSR count). The second-order valence-electron chi connectivity index (χ2n) is 6.22. The van der Waals surface area contributed by atoms with Crippen LogP contribution in [0.1, 0.15) is 18.4 Å². The zero-order valence-electron chi connectivity index (χ0n) is 13.2. The molecule has 3 N–H and O–H groups in total. The van der Waals surface area contributed by atoms with Crippen LogP contribution in [0.2, 0.25) is 5.15 Å². The van der Waals surface area contributed by atoms with Gasteiger partial charge in [0.25, 0.3) is 0 Å². The van der Waals surface area contributed by atoms with Crippen molar-refractivity contribution in [2.75, 3.05) is 5.32 Å². The number of aromatic nitrogens is 4. The Labute approximate surface area is 148 Å². The van der Waals surface area contributed by atoms with Gasteiger partial charge >= 0.3 is 0 Å². The van der Waals surface area contributed by atoms with E-state index < -0.39 is 0 Å². The molecule has 0 radical (unpaired) electrons. The molecule has 4 aromatic rings. The number of imidazole rings is 1. The minimum absolute atomic E-state index is 0.457. The Balaban J connectivity index is 1.48. The molecule has 122 valence electrons. The molecule has 1 saturated carbocycles. The SMILES string of the molecule is Clc1ccc2[nH]cc(Nc3nc4ccc(C#CC5CC5)cc4[nH]3)c2n1. The van der Waals surface area contributed by atoms with Crippen molar-refractivity contribution in [3.63, 3.8) is 0 Å². The molecule has 0 spiro atoms. The fraction of sp³-hybridized carbons (Fsp3) is 0.158. The Kier molecular flexibility index (Phi) is 3.19. The topological polar surface area (TPSA) is 69.4 Å². The maximum Gasteiger partial charge on any atom is 0.205 e. The number of nitrogens with zero attached hydrogens (tertiary/aromatic N) is 2. The standard InChI is InChI=1S/C19H14ClN5/c20-17-8-7-14-18(25-17)16(10-21-14)24-19-22-13-6-5-12(9-15(13)23-19)4-3-11-1-2-11/h5-11,21H,1-2H2,(H2,22,23,24). The molecular weight excluding hydrogens is 334 g/mol. The van der Waals surface area contributed by atoms with Gasteiger partial charge in [-0.25, -0.2) is 9.97 Å². The highest BCUT2D eigenvalue weighted by Gasteiger charge is 2.17. The van der Waals surface area contributed by atoms with Gasteiger partial charge in [-0.15, -0.1) is 0 Å². The van der Waals surface area contributed by atoms with Gasteiger partial charge in [0.15, 0.2) is 0 Å². The van der Waals surface area contributed by atoms with E-state index in [9.17, 15) is 0 Å². The fourth-order valence-corrected chi connectivity index (χ4v) is 2.91. The average Bonchev–Trinajstić information content (AvgIpc) is 3.24. The first-order valence-corrected chi connectivity index (χ1v) is 8.54. The van der Waals surface area contributed by atoms with E-state index >= 15 is 0 Å². The molecule has 0 aliphatic heterocycles. The predicted octanol–water partition coefficient (Wildman–Crippen LogP) is 4.60. The van der Waals surface area contributed by atoms with Crippen molar-refractivity contribution >= 4 is 45.3 Å². The number of fused-ring (bicyclic) bond motifs is 2. The molecule has 1 fully saturated rings. The second-order valence-corrected chi connectivity index (χ2v) is 6.61. The summed E-state index contributed by atoms with van der Waals surface area (Å²) in [5.74, 6) is 7.77. The van der Waals surface area contributed by atoms with Gasteiger partial charge in [0.2, 0.25) is 5.95 Å². The van der Waals surface area contributed by atoms with Gasteiger partial charge in [-0.2, -0.15) is 0 Å². The van der Waals surface area contributed by atoms with Gasteiger partial charge < -0.3 is 15.3 Å². The van der Waals surface area contributed by atoms with E-state index in [2.05, 4.69) is 37.1 Å². The van der Waals surface area contributed by atoms with Gasteiger partial charge in [0.05, 0.1) is 22.2 Å². The third-order valence-electron chi connectivity index (χ3n) is 4.22. The number of hydrogen-bond acceptors (Lipinski definition) is 3. The van der Waals surface area contributed by atoms with E-state index in [-0.39, 0.29) is 0 Å². The lowest BCUT2D eigenvalue weighted by Gasteiger charge is -1.99.